The Hall–Kier alpha value is -2.14. The van der Waals surface area contributed by atoms with Crippen molar-refractivity contribution in [2.75, 3.05) is 19.8 Å². The Morgan fingerprint density at radius 2 is 1.62 bits per heavy atom. The van der Waals surface area contributed by atoms with E-state index in [1.54, 1.807) is 13.8 Å². The van der Waals surface area contributed by atoms with E-state index in [0.717, 1.165) is 11.1 Å². The van der Waals surface area contributed by atoms with E-state index in [2.05, 4.69) is 6.58 Å². The summed E-state index contributed by atoms with van der Waals surface area (Å²) in [5, 5.41) is 0. The van der Waals surface area contributed by atoms with Gasteiger partial charge < -0.3 is 14.2 Å². The average molecular weight is 334 g/mol. The number of carbonyl (C=O) groups excluding carboxylic acids is 2. The third-order valence-electron chi connectivity index (χ3n) is 3.35. The minimum absolute atomic E-state index is 0.215. The second kappa shape index (κ2) is 11.4. The van der Waals surface area contributed by atoms with Gasteiger partial charge in [0, 0.05) is 0 Å². The van der Waals surface area contributed by atoms with Crippen LogP contribution < -0.4 is 0 Å². The Bertz CT molecular complexity index is 506. The molecule has 0 radical (unpaired) electrons. The van der Waals surface area contributed by atoms with Crippen LogP contribution in [-0.4, -0.2) is 31.8 Å². The fourth-order valence-electron chi connectivity index (χ4n) is 2.12. The van der Waals surface area contributed by atoms with Gasteiger partial charge in [0.05, 0.1) is 26.4 Å². The van der Waals surface area contributed by atoms with E-state index in [9.17, 15) is 9.59 Å². The van der Waals surface area contributed by atoms with Crippen molar-refractivity contribution >= 4 is 11.9 Å². The second-order valence-electron chi connectivity index (χ2n) is 5.30. The van der Waals surface area contributed by atoms with Gasteiger partial charge in [0.2, 0.25) is 0 Å². The fraction of sp³-hybridized carbons (Fsp3) is 0.474. The lowest BCUT2D eigenvalue weighted by Gasteiger charge is -2.15. The van der Waals surface area contributed by atoms with Crippen LogP contribution in [0.15, 0.2) is 42.5 Å². The van der Waals surface area contributed by atoms with Crippen molar-refractivity contribution in [2.24, 2.45) is 5.92 Å². The first-order valence-electron chi connectivity index (χ1n) is 8.20. The number of rotatable bonds is 11. The molecule has 0 atom stereocenters. The van der Waals surface area contributed by atoms with Gasteiger partial charge in [0.1, 0.15) is 0 Å². The van der Waals surface area contributed by atoms with Gasteiger partial charge in [-0.2, -0.15) is 0 Å². The average Bonchev–Trinajstić information content (AvgIpc) is 2.58. The lowest BCUT2D eigenvalue weighted by Crippen LogP contribution is -2.28. The summed E-state index contributed by atoms with van der Waals surface area (Å²) in [5.41, 5.74) is 1.85. The van der Waals surface area contributed by atoms with Crippen molar-refractivity contribution in [1.82, 2.24) is 0 Å². The Morgan fingerprint density at radius 1 is 1.04 bits per heavy atom. The highest BCUT2D eigenvalue weighted by molar-refractivity contribution is 5.95. The molecule has 0 aliphatic rings. The lowest BCUT2D eigenvalue weighted by atomic mass is 9.98. The van der Waals surface area contributed by atoms with Crippen LogP contribution in [0, 0.1) is 5.92 Å². The van der Waals surface area contributed by atoms with Gasteiger partial charge in [-0.15, -0.1) is 0 Å². The molecule has 0 amide bonds. The molecule has 0 N–H and O–H groups in total. The predicted octanol–water partition coefficient (Wildman–Crippen LogP) is 3.28. The molecule has 0 aliphatic heterocycles. The Labute approximate surface area is 143 Å². The minimum Gasteiger partial charge on any atom is -0.465 e. The van der Waals surface area contributed by atoms with Crippen molar-refractivity contribution in [3.63, 3.8) is 0 Å². The quantitative estimate of drug-likeness (QED) is 0.269. The maximum absolute atomic E-state index is 11.9. The van der Waals surface area contributed by atoms with Gasteiger partial charge in [-0.05, 0) is 32.3 Å². The van der Waals surface area contributed by atoms with Crippen LogP contribution in [0.25, 0.3) is 0 Å². The number of hydrogen-bond acceptors (Lipinski definition) is 5. The molecule has 132 valence electrons. The van der Waals surface area contributed by atoms with E-state index >= 15 is 0 Å². The smallest absolute Gasteiger partial charge is 0.320 e. The molecule has 1 aromatic rings. The molecule has 1 rings (SSSR count). The molecule has 0 spiro atoms. The fourth-order valence-corrected chi connectivity index (χ4v) is 2.12. The SMILES string of the molecule is C=C(CCOCc1ccccc1)CC(C(=O)OCC)C(=O)OCC. The van der Waals surface area contributed by atoms with E-state index in [1.165, 1.54) is 0 Å². The van der Waals surface area contributed by atoms with Gasteiger partial charge in [0.25, 0.3) is 0 Å². The number of esters is 2. The molecule has 0 saturated heterocycles. The molecule has 0 unspecified atom stereocenters. The standard InChI is InChI=1S/C19H26O5/c1-4-23-18(20)17(19(21)24-5-2)13-15(3)11-12-22-14-16-9-7-6-8-10-16/h6-10,17H,3-5,11-14H2,1-2H3. The van der Waals surface area contributed by atoms with E-state index < -0.39 is 17.9 Å². The maximum Gasteiger partial charge on any atom is 0.320 e. The summed E-state index contributed by atoms with van der Waals surface area (Å²) in [6, 6.07) is 9.86. The zero-order chi connectivity index (χ0) is 17.8. The summed E-state index contributed by atoms with van der Waals surface area (Å²) in [6.45, 7) is 8.78. The van der Waals surface area contributed by atoms with E-state index in [4.69, 9.17) is 14.2 Å². The van der Waals surface area contributed by atoms with Crippen LogP contribution >= 0.6 is 0 Å². The zero-order valence-corrected chi connectivity index (χ0v) is 14.5. The highest BCUT2D eigenvalue weighted by atomic mass is 16.6. The third-order valence-corrected chi connectivity index (χ3v) is 3.35. The maximum atomic E-state index is 11.9. The van der Waals surface area contributed by atoms with E-state index in [1.807, 2.05) is 30.3 Å². The van der Waals surface area contributed by atoms with Crippen LogP contribution in [0.4, 0.5) is 0 Å². The molecule has 0 saturated carbocycles. The molecule has 0 fully saturated rings. The summed E-state index contributed by atoms with van der Waals surface area (Å²) in [6.07, 6.45) is 0.786. The molecule has 0 aliphatic carbocycles. The first kappa shape index (κ1) is 19.9. The van der Waals surface area contributed by atoms with Gasteiger partial charge in [-0.1, -0.05) is 42.5 Å². The van der Waals surface area contributed by atoms with Crippen molar-refractivity contribution in [3.8, 4) is 0 Å². The van der Waals surface area contributed by atoms with Gasteiger partial charge in [-0.3, -0.25) is 9.59 Å². The molecule has 0 heterocycles. The molecule has 0 bridgehead atoms. The number of hydrogen-bond donors (Lipinski definition) is 0. The van der Waals surface area contributed by atoms with Gasteiger partial charge in [0.15, 0.2) is 5.92 Å². The van der Waals surface area contributed by atoms with Crippen molar-refractivity contribution in [2.45, 2.75) is 33.3 Å². The van der Waals surface area contributed by atoms with Crippen LogP contribution in [0.5, 0.6) is 0 Å². The van der Waals surface area contributed by atoms with Crippen LogP contribution in [-0.2, 0) is 30.4 Å². The van der Waals surface area contributed by atoms with Crippen molar-refractivity contribution in [3.05, 3.63) is 48.0 Å². The first-order chi connectivity index (χ1) is 11.6. The summed E-state index contributed by atoms with van der Waals surface area (Å²) < 4.78 is 15.5. The second-order valence-corrected chi connectivity index (χ2v) is 5.30. The van der Waals surface area contributed by atoms with Crippen molar-refractivity contribution < 1.29 is 23.8 Å². The number of ether oxygens (including phenoxy) is 3. The van der Waals surface area contributed by atoms with Crippen LogP contribution in [0.3, 0.4) is 0 Å². The predicted molar refractivity (Wildman–Crippen MR) is 91.2 cm³/mol. The van der Waals surface area contributed by atoms with Gasteiger partial charge >= 0.3 is 11.9 Å². The summed E-state index contributed by atoms with van der Waals surface area (Å²) in [4.78, 5) is 23.8. The Kier molecular flexibility index (Phi) is 9.46. The first-order valence-corrected chi connectivity index (χ1v) is 8.20. The third kappa shape index (κ3) is 7.42. The largest absolute Gasteiger partial charge is 0.465 e. The van der Waals surface area contributed by atoms with Crippen LogP contribution in [0.1, 0.15) is 32.3 Å². The monoisotopic (exact) mass is 334 g/mol. The molecule has 5 nitrogen and oxygen atoms in total. The number of carbonyl (C=O) groups is 2. The molecule has 24 heavy (non-hydrogen) atoms. The van der Waals surface area contributed by atoms with E-state index in [-0.39, 0.29) is 19.6 Å². The molecule has 1 aromatic carbocycles. The lowest BCUT2D eigenvalue weighted by molar-refractivity contribution is -0.161. The van der Waals surface area contributed by atoms with Gasteiger partial charge in [-0.25, -0.2) is 0 Å². The minimum atomic E-state index is -0.952. The molecular formula is C19H26O5. The highest BCUT2D eigenvalue weighted by Crippen LogP contribution is 2.17. The van der Waals surface area contributed by atoms with Crippen molar-refractivity contribution in [1.29, 1.82) is 0 Å². The summed E-state index contributed by atoms with van der Waals surface area (Å²) >= 11 is 0. The normalized spacial score (nSPS) is 10.5. The number of benzene rings is 1. The summed E-state index contributed by atoms with van der Waals surface area (Å²) in [5.74, 6) is -2.09. The summed E-state index contributed by atoms with van der Waals surface area (Å²) in [7, 11) is 0. The van der Waals surface area contributed by atoms with E-state index in [0.29, 0.717) is 19.6 Å². The van der Waals surface area contributed by atoms with Crippen LogP contribution in [0.2, 0.25) is 0 Å². The highest BCUT2D eigenvalue weighted by Gasteiger charge is 2.29. The Balaban J connectivity index is 2.40. The molecule has 5 heteroatoms. The molecular weight excluding hydrogens is 308 g/mol. The zero-order valence-electron chi connectivity index (χ0n) is 14.5. The topological polar surface area (TPSA) is 61.8 Å². The Morgan fingerprint density at radius 3 is 2.17 bits per heavy atom. The molecule has 0 aromatic heterocycles.